The zero-order valence-electron chi connectivity index (χ0n) is 33.7. The Bertz CT molecular complexity index is 2520. The zero-order chi connectivity index (χ0) is 37.8. The summed E-state index contributed by atoms with van der Waals surface area (Å²) in [5.74, 6) is 1.56. The second-order valence-electron chi connectivity index (χ2n) is 17.0. The molecule has 3 unspecified atom stereocenters. The molecule has 3 nitrogen and oxygen atoms in total. The minimum atomic E-state index is -0.131. The lowest BCUT2D eigenvalue weighted by Crippen LogP contribution is -2.64. The van der Waals surface area contributed by atoms with E-state index in [0.29, 0.717) is 11.8 Å². The van der Waals surface area contributed by atoms with E-state index in [1.54, 1.807) is 0 Å². The highest BCUT2D eigenvalue weighted by molar-refractivity contribution is 6.09. The molecule has 0 bridgehead atoms. The van der Waals surface area contributed by atoms with Crippen molar-refractivity contribution in [1.82, 2.24) is 4.57 Å². The topological polar surface area (TPSA) is 12.7 Å². The molecular formula is C52H57N3+2. The van der Waals surface area contributed by atoms with Gasteiger partial charge in [-0.15, -0.1) is 0 Å². The molecule has 5 heterocycles. The molecule has 3 heteroatoms. The van der Waals surface area contributed by atoms with Crippen LogP contribution >= 0.6 is 0 Å². The lowest BCUT2D eigenvalue weighted by atomic mass is 9.62. The fourth-order valence-corrected chi connectivity index (χ4v) is 10.8. The van der Waals surface area contributed by atoms with Gasteiger partial charge in [0.05, 0.1) is 17.4 Å². The molecule has 9 rings (SSSR count). The molecule has 0 N–H and O–H groups in total. The van der Waals surface area contributed by atoms with Gasteiger partial charge in [0.2, 0.25) is 11.4 Å². The third kappa shape index (κ3) is 5.68. The number of benzene rings is 4. The van der Waals surface area contributed by atoms with Crippen LogP contribution in [0.1, 0.15) is 108 Å². The molecule has 278 valence electrons. The van der Waals surface area contributed by atoms with Crippen LogP contribution in [0.5, 0.6) is 0 Å². The number of unbranched alkanes of at least 4 members (excludes halogenated alkanes) is 1. The SMILES string of the molecule is CCCCC(C)c1cc2[n+](cc1-c1ccccc1)C(CC)(CC)C(C1C[n+]3ccccc3-c3cc4c(cc31)c1ccccc1n4CC(C)C)c1ccccc1-2. The summed E-state index contributed by atoms with van der Waals surface area (Å²) in [7, 11) is 0. The lowest BCUT2D eigenvalue weighted by molar-refractivity contribution is -0.765. The highest BCUT2D eigenvalue weighted by atomic mass is 15.1. The van der Waals surface area contributed by atoms with Gasteiger partial charge in [-0.2, -0.15) is 9.13 Å². The van der Waals surface area contributed by atoms with Crippen LogP contribution < -0.4 is 9.13 Å². The summed E-state index contributed by atoms with van der Waals surface area (Å²) in [5.41, 5.74) is 15.2. The molecular weight excluding hydrogens is 667 g/mol. The molecule has 3 atom stereocenters. The molecule has 0 spiro atoms. The molecule has 0 saturated carbocycles. The van der Waals surface area contributed by atoms with Crippen molar-refractivity contribution < 1.29 is 9.13 Å². The van der Waals surface area contributed by atoms with Crippen LogP contribution in [0.25, 0.3) is 55.4 Å². The Labute approximate surface area is 328 Å². The Morgan fingerprint density at radius 1 is 0.691 bits per heavy atom. The van der Waals surface area contributed by atoms with Gasteiger partial charge in [-0.1, -0.05) is 121 Å². The summed E-state index contributed by atoms with van der Waals surface area (Å²) < 4.78 is 7.92. The van der Waals surface area contributed by atoms with Crippen LogP contribution in [0.3, 0.4) is 0 Å². The van der Waals surface area contributed by atoms with Crippen LogP contribution in [-0.4, -0.2) is 4.57 Å². The van der Waals surface area contributed by atoms with Crippen LogP contribution in [0.15, 0.2) is 128 Å². The molecule has 55 heavy (non-hydrogen) atoms. The Hall–Kier alpha value is -5.02. The largest absolute Gasteiger partial charge is 0.340 e. The van der Waals surface area contributed by atoms with E-state index in [1.165, 1.54) is 91.4 Å². The lowest BCUT2D eigenvalue weighted by Gasteiger charge is -2.44. The van der Waals surface area contributed by atoms with Crippen molar-refractivity contribution in [3.63, 3.8) is 0 Å². The zero-order valence-corrected chi connectivity index (χ0v) is 33.7. The van der Waals surface area contributed by atoms with E-state index in [4.69, 9.17) is 0 Å². The number of hydrogen-bond donors (Lipinski definition) is 0. The van der Waals surface area contributed by atoms with Crippen molar-refractivity contribution >= 4 is 21.8 Å². The fourth-order valence-electron chi connectivity index (χ4n) is 10.8. The third-order valence-electron chi connectivity index (χ3n) is 13.5. The number of pyridine rings is 2. The first kappa shape index (κ1) is 35.7. The number of fused-ring (bicyclic) bond motifs is 9. The molecule has 0 aliphatic carbocycles. The van der Waals surface area contributed by atoms with E-state index in [1.807, 2.05) is 0 Å². The second-order valence-corrected chi connectivity index (χ2v) is 17.0. The standard InChI is InChI=1S/C52H57N3/c1-7-10-20-36(6)41-30-50-38-23-14-15-25-40(38)51(52(8-2,9-3)55(50)34-45(41)37-21-12-11-13-22-37)46-33-53-28-19-18-26-47(53)44-31-49-43(29-42(44)46)39-24-16-17-27-48(39)54(49)32-35(4)5/h11-19,21-31,34-36,46,51H,7-10,20,32-33H2,1-6H3/q+2. The average molecular weight is 724 g/mol. The van der Waals surface area contributed by atoms with Crippen molar-refractivity contribution in [2.24, 2.45) is 5.92 Å². The molecule has 2 aliphatic heterocycles. The Balaban J connectivity index is 1.32. The monoisotopic (exact) mass is 723 g/mol. The van der Waals surface area contributed by atoms with Crippen LogP contribution in [0, 0.1) is 5.92 Å². The Morgan fingerprint density at radius 2 is 1.44 bits per heavy atom. The van der Waals surface area contributed by atoms with Crippen molar-refractivity contribution in [1.29, 1.82) is 0 Å². The van der Waals surface area contributed by atoms with Gasteiger partial charge in [-0.05, 0) is 70.8 Å². The van der Waals surface area contributed by atoms with Crippen LogP contribution in [0.2, 0.25) is 0 Å². The molecule has 0 saturated heterocycles. The quantitative estimate of drug-likeness (QED) is 0.125. The summed E-state index contributed by atoms with van der Waals surface area (Å²) in [6.07, 6.45) is 10.7. The van der Waals surface area contributed by atoms with Gasteiger partial charge < -0.3 is 4.57 Å². The Morgan fingerprint density at radius 3 is 2.22 bits per heavy atom. The van der Waals surface area contributed by atoms with Crippen molar-refractivity contribution in [3.8, 4) is 33.6 Å². The smallest absolute Gasteiger partial charge is 0.213 e. The number of rotatable bonds is 10. The maximum absolute atomic E-state index is 2.77. The first-order chi connectivity index (χ1) is 26.9. The summed E-state index contributed by atoms with van der Waals surface area (Å²) in [6.45, 7) is 16.3. The summed E-state index contributed by atoms with van der Waals surface area (Å²) in [5, 5.41) is 2.75. The first-order valence-electron chi connectivity index (χ1n) is 21.2. The van der Waals surface area contributed by atoms with Crippen molar-refractivity contribution in [2.45, 2.75) is 110 Å². The summed E-state index contributed by atoms with van der Waals surface area (Å²) in [4.78, 5) is 0. The minimum Gasteiger partial charge on any atom is -0.340 e. The van der Waals surface area contributed by atoms with Gasteiger partial charge in [0.25, 0.3) is 0 Å². The van der Waals surface area contributed by atoms with Crippen molar-refractivity contribution in [3.05, 3.63) is 144 Å². The molecule has 0 fully saturated rings. The highest BCUT2D eigenvalue weighted by Gasteiger charge is 2.57. The molecule has 0 radical (unpaired) electrons. The molecule has 2 aliphatic rings. The van der Waals surface area contributed by atoms with Crippen molar-refractivity contribution in [2.75, 3.05) is 0 Å². The van der Waals surface area contributed by atoms with E-state index >= 15 is 0 Å². The van der Waals surface area contributed by atoms with E-state index in [-0.39, 0.29) is 17.4 Å². The predicted molar refractivity (Wildman–Crippen MR) is 229 cm³/mol. The maximum Gasteiger partial charge on any atom is 0.213 e. The molecule has 7 aromatic rings. The van der Waals surface area contributed by atoms with E-state index in [9.17, 15) is 0 Å². The van der Waals surface area contributed by atoms with Gasteiger partial charge in [-0.3, -0.25) is 0 Å². The van der Waals surface area contributed by atoms with E-state index in [0.717, 1.165) is 25.9 Å². The minimum absolute atomic E-state index is 0.131. The number of para-hydroxylation sites is 1. The van der Waals surface area contributed by atoms with Gasteiger partial charge in [0, 0.05) is 70.5 Å². The maximum atomic E-state index is 2.77. The Kier molecular flexibility index (Phi) is 9.24. The molecule has 4 aromatic carbocycles. The fraction of sp³-hybridized carbons (Fsp3) is 0.346. The third-order valence-corrected chi connectivity index (χ3v) is 13.5. The summed E-state index contributed by atoms with van der Waals surface area (Å²) in [6, 6.07) is 44.3. The molecule has 3 aromatic heterocycles. The summed E-state index contributed by atoms with van der Waals surface area (Å²) >= 11 is 0. The van der Waals surface area contributed by atoms with Crippen LogP contribution in [0.4, 0.5) is 0 Å². The average Bonchev–Trinajstić information content (AvgIpc) is 3.52. The second kappa shape index (κ2) is 14.2. The van der Waals surface area contributed by atoms with Gasteiger partial charge in [0.15, 0.2) is 24.5 Å². The number of nitrogens with zero attached hydrogens (tertiary/aromatic N) is 3. The van der Waals surface area contributed by atoms with Crippen LogP contribution in [-0.2, 0) is 18.6 Å². The van der Waals surface area contributed by atoms with Gasteiger partial charge >= 0.3 is 0 Å². The van der Waals surface area contributed by atoms with Gasteiger partial charge in [0.1, 0.15) is 0 Å². The van der Waals surface area contributed by atoms with E-state index in [2.05, 4.69) is 183 Å². The van der Waals surface area contributed by atoms with Gasteiger partial charge in [-0.25, -0.2) is 0 Å². The predicted octanol–water partition coefficient (Wildman–Crippen LogP) is 12.7. The molecule has 0 amide bonds. The normalized spacial score (nSPS) is 17.5. The van der Waals surface area contributed by atoms with E-state index < -0.39 is 0 Å². The number of aromatic nitrogens is 3. The first-order valence-corrected chi connectivity index (χ1v) is 21.2. The highest BCUT2D eigenvalue weighted by Crippen LogP contribution is 2.55. The number of hydrogen-bond acceptors (Lipinski definition) is 0.